The highest BCUT2D eigenvalue weighted by atomic mass is 79.9. The molecule has 0 saturated heterocycles. The number of rotatable bonds is 5. The molecule has 0 amide bonds. The van der Waals surface area contributed by atoms with Gasteiger partial charge in [0.1, 0.15) is 11.4 Å². The summed E-state index contributed by atoms with van der Waals surface area (Å²) in [5.74, 6) is 0.255. The van der Waals surface area contributed by atoms with Crippen molar-refractivity contribution in [1.29, 1.82) is 0 Å². The predicted octanol–water partition coefficient (Wildman–Crippen LogP) is 2.24. The molecular formula is C10H12BrN3O2S. The SMILES string of the molecule is C=C(Br)CSc1ncc(C(=O)OCC)c(N)n1. The number of hydrogen-bond donors (Lipinski definition) is 1. The van der Waals surface area contributed by atoms with Crippen LogP contribution in [0.5, 0.6) is 0 Å². The molecule has 0 atom stereocenters. The second-order valence-electron chi connectivity index (χ2n) is 2.98. The standard InChI is InChI=1S/C10H12BrN3O2S/c1-3-16-9(15)7-4-13-10(14-8(7)12)17-5-6(2)11/h4H,2-3,5H2,1H3,(H2,12,13,14). The molecular weight excluding hydrogens is 306 g/mol. The van der Waals surface area contributed by atoms with Crippen molar-refractivity contribution in [2.75, 3.05) is 18.1 Å². The maximum Gasteiger partial charge on any atom is 0.343 e. The fourth-order valence-corrected chi connectivity index (χ4v) is 1.88. The summed E-state index contributed by atoms with van der Waals surface area (Å²) in [4.78, 5) is 19.5. The fraction of sp³-hybridized carbons (Fsp3) is 0.300. The monoisotopic (exact) mass is 317 g/mol. The maximum absolute atomic E-state index is 11.4. The molecule has 5 nitrogen and oxygen atoms in total. The number of nitrogens with two attached hydrogens (primary N) is 1. The second kappa shape index (κ2) is 6.61. The lowest BCUT2D eigenvalue weighted by atomic mass is 10.3. The lowest BCUT2D eigenvalue weighted by Gasteiger charge is -2.05. The number of esters is 1. The van der Waals surface area contributed by atoms with Crippen molar-refractivity contribution in [2.24, 2.45) is 0 Å². The molecule has 1 aromatic heterocycles. The molecule has 0 aliphatic heterocycles. The molecule has 1 heterocycles. The van der Waals surface area contributed by atoms with Crippen LogP contribution >= 0.6 is 27.7 Å². The van der Waals surface area contributed by atoms with Gasteiger partial charge in [-0.15, -0.1) is 0 Å². The molecule has 0 unspecified atom stereocenters. The zero-order valence-electron chi connectivity index (χ0n) is 9.27. The summed E-state index contributed by atoms with van der Waals surface area (Å²) in [6.45, 7) is 5.71. The van der Waals surface area contributed by atoms with Crippen LogP contribution in [0.15, 0.2) is 22.4 Å². The molecule has 17 heavy (non-hydrogen) atoms. The van der Waals surface area contributed by atoms with Crippen LogP contribution in [0.25, 0.3) is 0 Å². The Bertz CT molecular complexity index is 440. The first-order valence-corrected chi connectivity index (χ1v) is 6.58. The molecule has 7 heteroatoms. The first kappa shape index (κ1) is 14.0. The number of hydrogen-bond acceptors (Lipinski definition) is 6. The van der Waals surface area contributed by atoms with Crippen LogP contribution in [0.4, 0.5) is 5.82 Å². The van der Waals surface area contributed by atoms with E-state index in [1.165, 1.54) is 18.0 Å². The third kappa shape index (κ3) is 4.35. The third-order valence-electron chi connectivity index (χ3n) is 1.65. The van der Waals surface area contributed by atoms with E-state index in [4.69, 9.17) is 10.5 Å². The van der Waals surface area contributed by atoms with E-state index in [0.717, 1.165) is 4.48 Å². The van der Waals surface area contributed by atoms with Crippen LogP contribution in [0.3, 0.4) is 0 Å². The Kier molecular flexibility index (Phi) is 5.43. The molecule has 0 bridgehead atoms. The van der Waals surface area contributed by atoms with Gasteiger partial charge in [0.15, 0.2) is 5.16 Å². The van der Waals surface area contributed by atoms with Crippen LogP contribution in [-0.2, 0) is 4.74 Å². The van der Waals surface area contributed by atoms with Gasteiger partial charge in [-0.25, -0.2) is 14.8 Å². The average Bonchev–Trinajstić information content (AvgIpc) is 2.26. The zero-order chi connectivity index (χ0) is 12.8. The number of aromatic nitrogens is 2. The number of ether oxygens (including phenoxy) is 1. The fourth-order valence-electron chi connectivity index (χ4n) is 0.957. The summed E-state index contributed by atoms with van der Waals surface area (Å²) < 4.78 is 5.65. The summed E-state index contributed by atoms with van der Waals surface area (Å²) >= 11 is 4.61. The zero-order valence-corrected chi connectivity index (χ0v) is 11.7. The van der Waals surface area contributed by atoms with Gasteiger partial charge in [0.25, 0.3) is 0 Å². The topological polar surface area (TPSA) is 78.1 Å². The Hall–Kier alpha value is -1.08. The molecule has 1 aromatic rings. The Balaban J connectivity index is 2.79. The van der Waals surface area contributed by atoms with Gasteiger partial charge < -0.3 is 10.5 Å². The smallest absolute Gasteiger partial charge is 0.343 e. The minimum atomic E-state index is -0.508. The van der Waals surface area contributed by atoms with Crippen molar-refractivity contribution in [3.63, 3.8) is 0 Å². The van der Waals surface area contributed by atoms with Crippen molar-refractivity contribution >= 4 is 39.5 Å². The Morgan fingerprint density at radius 1 is 1.71 bits per heavy atom. The van der Waals surface area contributed by atoms with Crippen molar-refractivity contribution < 1.29 is 9.53 Å². The quantitative estimate of drug-likeness (QED) is 0.510. The van der Waals surface area contributed by atoms with E-state index in [1.807, 2.05) is 0 Å². The average molecular weight is 318 g/mol. The lowest BCUT2D eigenvalue weighted by Crippen LogP contribution is -2.10. The molecule has 0 radical (unpaired) electrons. The highest BCUT2D eigenvalue weighted by Crippen LogP contribution is 2.20. The van der Waals surface area contributed by atoms with Crippen LogP contribution in [0, 0.1) is 0 Å². The molecule has 2 N–H and O–H groups in total. The van der Waals surface area contributed by atoms with Gasteiger partial charge >= 0.3 is 5.97 Å². The molecule has 0 fully saturated rings. The van der Waals surface area contributed by atoms with E-state index in [1.54, 1.807) is 6.92 Å². The number of carbonyl (C=O) groups is 1. The van der Waals surface area contributed by atoms with E-state index in [-0.39, 0.29) is 18.0 Å². The van der Waals surface area contributed by atoms with Crippen LogP contribution < -0.4 is 5.73 Å². The largest absolute Gasteiger partial charge is 0.462 e. The van der Waals surface area contributed by atoms with Gasteiger partial charge in [-0.3, -0.25) is 0 Å². The molecule has 0 saturated carbocycles. The normalized spacial score (nSPS) is 10.0. The highest BCUT2D eigenvalue weighted by Gasteiger charge is 2.13. The van der Waals surface area contributed by atoms with E-state index in [2.05, 4.69) is 32.5 Å². The van der Waals surface area contributed by atoms with E-state index >= 15 is 0 Å². The van der Waals surface area contributed by atoms with Crippen molar-refractivity contribution in [3.8, 4) is 0 Å². The first-order chi connectivity index (χ1) is 8.04. The van der Waals surface area contributed by atoms with Crippen molar-refractivity contribution in [1.82, 2.24) is 9.97 Å². The number of halogens is 1. The molecule has 1 rings (SSSR count). The molecule has 0 aromatic carbocycles. The minimum Gasteiger partial charge on any atom is -0.462 e. The van der Waals surface area contributed by atoms with Gasteiger partial charge in [-0.05, 0) is 11.4 Å². The van der Waals surface area contributed by atoms with E-state index in [0.29, 0.717) is 10.9 Å². The molecule has 0 spiro atoms. The minimum absolute atomic E-state index is 0.126. The Labute approximate surface area is 112 Å². The maximum atomic E-state index is 11.4. The van der Waals surface area contributed by atoms with Gasteiger partial charge in [0, 0.05) is 11.9 Å². The van der Waals surface area contributed by atoms with Gasteiger partial charge in [-0.2, -0.15) is 0 Å². The highest BCUT2D eigenvalue weighted by molar-refractivity contribution is 9.11. The summed E-state index contributed by atoms with van der Waals surface area (Å²) in [6, 6.07) is 0. The Morgan fingerprint density at radius 3 is 2.94 bits per heavy atom. The van der Waals surface area contributed by atoms with Crippen LogP contribution in [0.2, 0.25) is 0 Å². The Morgan fingerprint density at radius 2 is 2.41 bits per heavy atom. The summed E-state index contributed by atoms with van der Waals surface area (Å²) in [7, 11) is 0. The summed E-state index contributed by atoms with van der Waals surface area (Å²) in [6.07, 6.45) is 1.37. The van der Waals surface area contributed by atoms with Gasteiger partial charge in [0.2, 0.25) is 0 Å². The summed E-state index contributed by atoms with van der Waals surface area (Å²) in [5.41, 5.74) is 5.85. The molecule has 0 aliphatic carbocycles. The number of nitrogen functional groups attached to an aromatic ring is 1. The molecule has 92 valence electrons. The number of anilines is 1. The van der Waals surface area contributed by atoms with Crippen molar-refractivity contribution in [3.05, 3.63) is 22.8 Å². The number of nitrogens with zero attached hydrogens (tertiary/aromatic N) is 2. The number of carbonyl (C=O) groups excluding carboxylic acids is 1. The number of thioether (sulfide) groups is 1. The van der Waals surface area contributed by atoms with Gasteiger partial charge in [0.05, 0.1) is 6.61 Å². The van der Waals surface area contributed by atoms with Crippen LogP contribution in [0.1, 0.15) is 17.3 Å². The van der Waals surface area contributed by atoms with Crippen LogP contribution in [-0.4, -0.2) is 28.3 Å². The second-order valence-corrected chi connectivity index (χ2v) is 5.04. The van der Waals surface area contributed by atoms with Gasteiger partial charge in [-0.1, -0.05) is 34.3 Å². The summed E-state index contributed by atoms with van der Waals surface area (Å²) in [5, 5.41) is 0.496. The third-order valence-corrected chi connectivity index (χ3v) is 3.25. The van der Waals surface area contributed by atoms with E-state index in [9.17, 15) is 4.79 Å². The van der Waals surface area contributed by atoms with E-state index < -0.39 is 5.97 Å². The first-order valence-electron chi connectivity index (χ1n) is 4.80. The lowest BCUT2D eigenvalue weighted by molar-refractivity contribution is 0.0526. The predicted molar refractivity (Wildman–Crippen MR) is 71.2 cm³/mol. The van der Waals surface area contributed by atoms with Crippen molar-refractivity contribution in [2.45, 2.75) is 12.1 Å². The molecule has 0 aliphatic rings.